The van der Waals surface area contributed by atoms with Crippen LogP contribution in [0.15, 0.2) is 66.7 Å². The molecule has 1 aromatic carbocycles. The van der Waals surface area contributed by atoms with E-state index >= 15 is 0 Å². The molecule has 36 heavy (non-hydrogen) atoms. The number of nitro benzene ring substituents is 1. The van der Waals surface area contributed by atoms with Crippen LogP contribution < -0.4 is 19.6 Å². The number of hydrogen-bond donors (Lipinski definition) is 0. The molecule has 0 aliphatic carbocycles. The lowest BCUT2D eigenvalue weighted by molar-refractivity contribution is -0.383. The van der Waals surface area contributed by atoms with E-state index in [1.165, 1.54) is 9.80 Å². The van der Waals surface area contributed by atoms with E-state index in [0.717, 1.165) is 12.1 Å². The average molecular weight is 487 g/mol. The number of pyridine rings is 3. The van der Waals surface area contributed by atoms with Crippen LogP contribution >= 0.6 is 0 Å². The third-order valence-corrected chi connectivity index (χ3v) is 6.16. The van der Waals surface area contributed by atoms with Crippen molar-refractivity contribution in [1.29, 1.82) is 0 Å². The van der Waals surface area contributed by atoms with Crippen molar-refractivity contribution in [1.82, 2.24) is 15.0 Å². The zero-order valence-electron chi connectivity index (χ0n) is 20.1. The van der Waals surface area contributed by atoms with Crippen molar-refractivity contribution in [3.05, 3.63) is 82.7 Å². The van der Waals surface area contributed by atoms with Crippen LogP contribution in [-0.4, -0.2) is 48.1 Å². The number of fused-ring (bicyclic) bond motifs is 8. The second kappa shape index (κ2) is 8.77. The topological polar surface area (TPSA) is 94.8 Å². The number of rotatable bonds is 1. The number of anilines is 8. The first-order valence-corrected chi connectivity index (χ1v) is 11.1. The first-order valence-electron chi connectivity index (χ1n) is 11.1. The quantitative estimate of drug-likeness (QED) is 0.262. The molecule has 0 amide bonds. The Morgan fingerprint density at radius 2 is 0.944 bits per heavy atom. The molecular weight excluding hydrogens is 463 g/mol. The fraction of sp³-hybridized carbons (Fsp3) is 0.160. The minimum absolute atomic E-state index is 0.0645. The maximum absolute atomic E-state index is 14.9. The normalized spacial score (nSPS) is 13.1. The molecule has 0 atom stereocenters. The van der Waals surface area contributed by atoms with Gasteiger partial charge in [0.05, 0.1) is 4.92 Å². The largest absolute Gasteiger partial charge is 0.324 e. The van der Waals surface area contributed by atoms with E-state index in [1.807, 2.05) is 54.2 Å². The Kier molecular flexibility index (Phi) is 5.59. The van der Waals surface area contributed by atoms with Crippen molar-refractivity contribution in [2.24, 2.45) is 0 Å². The van der Waals surface area contributed by atoms with Gasteiger partial charge in [0.15, 0.2) is 0 Å². The molecule has 3 aromatic heterocycles. The molecule has 11 heteroatoms. The van der Waals surface area contributed by atoms with Gasteiger partial charge in [0.2, 0.25) is 0 Å². The van der Waals surface area contributed by atoms with Gasteiger partial charge in [0.25, 0.3) is 0 Å². The third kappa shape index (κ3) is 3.90. The van der Waals surface area contributed by atoms with Crippen LogP contribution in [-0.2, 0) is 0 Å². The minimum Gasteiger partial charge on any atom is -0.324 e. The Balaban J connectivity index is 1.81. The van der Waals surface area contributed by atoms with Gasteiger partial charge in [-0.1, -0.05) is 18.2 Å². The molecule has 0 N–H and O–H groups in total. The van der Waals surface area contributed by atoms with Crippen LogP contribution in [0.2, 0.25) is 0 Å². The second-order valence-corrected chi connectivity index (χ2v) is 8.35. The number of aromatic nitrogens is 3. The summed E-state index contributed by atoms with van der Waals surface area (Å²) in [6.45, 7) is 0. The molecule has 1 aliphatic heterocycles. The molecule has 10 nitrogen and oxygen atoms in total. The van der Waals surface area contributed by atoms with Crippen molar-refractivity contribution >= 4 is 52.0 Å². The first kappa shape index (κ1) is 23.0. The summed E-state index contributed by atoms with van der Waals surface area (Å²) in [6.07, 6.45) is 0. The fourth-order valence-electron chi connectivity index (χ4n) is 4.11. The van der Waals surface area contributed by atoms with Gasteiger partial charge >= 0.3 is 5.69 Å². The predicted molar refractivity (Wildman–Crippen MR) is 138 cm³/mol. The zero-order valence-corrected chi connectivity index (χ0v) is 20.1. The van der Waals surface area contributed by atoms with E-state index in [0.29, 0.717) is 34.9 Å². The van der Waals surface area contributed by atoms with E-state index in [9.17, 15) is 14.5 Å². The van der Waals surface area contributed by atoms with Gasteiger partial charge in [-0.2, -0.15) is 0 Å². The molecule has 4 aromatic rings. The molecule has 8 bridgehead atoms. The standard InChI is InChI=1S/C25H23FN8O2/c1-30-17-14-16(26)15-18(25(17)34(35)36)31(2)20-9-6-11-22(28-20)33(4)24-13-7-12-23(29-24)32(3)21-10-5-8-19(30)27-21/h5-15H,1-4H3. The van der Waals surface area contributed by atoms with Crippen molar-refractivity contribution in [2.45, 2.75) is 0 Å². The van der Waals surface area contributed by atoms with Gasteiger partial charge in [0, 0.05) is 40.3 Å². The highest BCUT2D eigenvalue weighted by molar-refractivity contribution is 5.83. The number of nitrogens with zero attached hydrogens (tertiary/aromatic N) is 8. The van der Waals surface area contributed by atoms with Gasteiger partial charge in [-0.3, -0.25) is 10.1 Å². The van der Waals surface area contributed by atoms with Gasteiger partial charge < -0.3 is 19.6 Å². The van der Waals surface area contributed by atoms with Crippen LogP contribution in [0.3, 0.4) is 0 Å². The summed E-state index contributed by atoms with van der Waals surface area (Å²) < 4.78 is 14.9. The summed E-state index contributed by atoms with van der Waals surface area (Å²) in [4.78, 5) is 32.6. The highest BCUT2D eigenvalue weighted by Gasteiger charge is 2.29. The lowest BCUT2D eigenvalue weighted by atomic mass is 10.2. The maximum atomic E-state index is 14.9. The van der Waals surface area contributed by atoms with Crippen molar-refractivity contribution < 1.29 is 9.31 Å². The minimum atomic E-state index is -0.619. The van der Waals surface area contributed by atoms with Crippen LogP contribution in [0.25, 0.3) is 0 Å². The molecule has 0 spiro atoms. The Bertz CT molecular complexity index is 1380. The molecule has 1 aliphatic rings. The molecule has 0 unspecified atom stereocenters. The Labute approximate surface area is 207 Å². The van der Waals surface area contributed by atoms with E-state index < -0.39 is 10.7 Å². The third-order valence-electron chi connectivity index (χ3n) is 6.16. The van der Waals surface area contributed by atoms with Gasteiger partial charge in [-0.05, 0) is 36.4 Å². The van der Waals surface area contributed by atoms with Gasteiger partial charge in [-0.15, -0.1) is 0 Å². The smallest absolute Gasteiger partial charge is 0.316 e. The van der Waals surface area contributed by atoms with Crippen molar-refractivity contribution in [3.8, 4) is 0 Å². The molecule has 0 saturated heterocycles. The summed E-state index contributed by atoms with van der Waals surface area (Å²) in [5.41, 5.74) is -0.134. The lowest BCUT2D eigenvalue weighted by Gasteiger charge is -2.26. The highest BCUT2D eigenvalue weighted by atomic mass is 19.1. The van der Waals surface area contributed by atoms with E-state index in [1.54, 1.807) is 38.4 Å². The van der Waals surface area contributed by atoms with Gasteiger partial charge in [-0.25, -0.2) is 19.3 Å². The number of nitro groups is 1. The summed E-state index contributed by atoms with van der Waals surface area (Å²) in [5, 5.41) is 12.3. The van der Waals surface area contributed by atoms with Crippen molar-refractivity contribution in [2.75, 3.05) is 47.8 Å². The van der Waals surface area contributed by atoms with Crippen LogP contribution in [0.1, 0.15) is 0 Å². The molecule has 4 heterocycles. The molecule has 0 radical (unpaired) electrons. The zero-order chi connectivity index (χ0) is 25.6. The highest BCUT2D eigenvalue weighted by Crippen LogP contribution is 2.42. The fourth-order valence-corrected chi connectivity index (χ4v) is 4.11. The lowest BCUT2D eigenvalue weighted by Crippen LogP contribution is -2.21. The monoisotopic (exact) mass is 486 g/mol. The molecule has 0 saturated carbocycles. The number of benzene rings is 1. The Morgan fingerprint density at radius 3 is 1.25 bits per heavy atom. The molecule has 5 rings (SSSR count). The van der Waals surface area contributed by atoms with Crippen LogP contribution in [0, 0.1) is 15.9 Å². The van der Waals surface area contributed by atoms with Crippen LogP contribution in [0.4, 0.5) is 56.4 Å². The van der Waals surface area contributed by atoms with Crippen LogP contribution in [0.5, 0.6) is 0 Å². The average Bonchev–Trinajstić information content (AvgIpc) is 2.90. The summed E-state index contributed by atoms with van der Waals surface area (Å²) in [5.74, 6) is 2.61. The molecular formula is C25H23FN8O2. The van der Waals surface area contributed by atoms with E-state index in [4.69, 9.17) is 4.98 Å². The van der Waals surface area contributed by atoms with E-state index in [-0.39, 0.29) is 17.1 Å². The summed E-state index contributed by atoms with van der Waals surface area (Å²) in [7, 11) is 6.90. The SMILES string of the molecule is CN1c2cccc(n2)N(C)c2cccc(n2)N(C)c2cc(F)cc(c2[N+](=O)[O-])N(C)c2cccc1n2. The number of halogens is 1. The summed E-state index contributed by atoms with van der Waals surface area (Å²) in [6, 6.07) is 18.5. The predicted octanol–water partition coefficient (Wildman–Crippen LogP) is 5.30. The maximum Gasteiger partial charge on any atom is 0.316 e. The van der Waals surface area contributed by atoms with Crippen molar-refractivity contribution in [3.63, 3.8) is 0 Å². The summed E-state index contributed by atoms with van der Waals surface area (Å²) >= 11 is 0. The molecule has 182 valence electrons. The Hall–Kier alpha value is -4.80. The van der Waals surface area contributed by atoms with E-state index in [2.05, 4.69) is 9.97 Å². The molecule has 0 fully saturated rings. The number of hydrogen-bond acceptors (Lipinski definition) is 9. The Morgan fingerprint density at radius 1 is 0.639 bits per heavy atom. The second-order valence-electron chi connectivity index (χ2n) is 8.35. The van der Waals surface area contributed by atoms with Gasteiger partial charge in [0.1, 0.15) is 52.1 Å². The first-order chi connectivity index (χ1) is 17.2.